The third-order valence-electron chi connectivity index (χ3n) is 3.55. The number of ether oxygens (including phenoxy) is 1. The third-order valence-corrected chi connectivity index (χ3v) is 5.75. The van der Waals surface area contributed by atoms with Crippen molar-refractivity contribution in [2.75, 3.05) is 12.9 Å². The van der Waals surface area contributed by atoms with Crippen molar-refractivity contribution in [3.8, 4) is 5.75 Å². The second-order valence-corrected chi connectivity index (χ2v) is 7.41. The first-order valence-electron chi connectivity index (χ1n) is 7.57. The van der Waals surface area contributed by atoms with Crippen molar-refractivity contribution in [2.24, 2.45) is 0 Å². The largest absolute Gasteiger partial charge is 0.496 e. The number of nitrogens with zero attached hydrogens (tertiary/aromatic N) is 2. The molecule has 0 saturated carbocycles. The van der Waals surface area contributed by atoms with Crippen LogP contribution in [0.25, 0.3) is 10.9 Å². The van der Waals surface area contributed by atoms with Crippen molar-refractivity contribution in [3.05, 3.63) is 45.9 Å². The fraction of sp³-hybridized carbons (Fsp3) is 0.222. The lowest BCUT2D eigenvalue weighted by Crippen LogP contribution is -2.02. The molecule has 0 aliphatic heterocycles. The van der Waals surface area contributed by atoms with E-state index in [2.05, 4.69) is 9.97 Å². The Kier molecular flexibility index (Phi) is 5.15. The van der Waals surface area contributed by atoms with Crippen LogP contribution in [0.5, 0.6) is 5.75 Å². The molecule has 0 spiro atoms. The van der Waals surface area contributed by atoms with E-state index in [9.17, 15) is 9.59 Å². The molecule has 0 saturated heterocycles. The van der Waals surface area contributed by atoms with E-state index in [-0.39, 0.29) is 17.3 Å². The Bertz CT molecular complexity index is 966. The van der Waals surface area contributed by atoms with Gasteiger partial charge in [0.05, 0.1) is 33.5 Å². The molecule has 0 atom stereocenters. The minimum Gasteiger partial charge on any atom is -0.496 e. The summed E-state index contributed by atoms with van der Waals surface area (Å²) >= 11 is 2.58. The Labute approximate surface area is 153 Å². The summed E-state index contributed by atoms with van der Waals surface area (Å²) in [6, 6.07) is 9.02. The zero-order valence-electron chi connectivity index (χ0n) is 14.0. The summed E-state index contributed by atoms with van der Waals surface area (Å²) in [5.41, 5.74) is 0.789. The number of carbonyl (C=O) groups excluding carboxylic acids is 2. The van der Waals surface area contributed by atoms with Crippen LogP contribution in [0.3, 0.4) is 0 Å². The minimum atomic E-state index is -0.0288. The molecule has 0 aliphatic carbocycles. The van der Waals surface area contributed by atoms with Gasteiger partial charge in [0.1, 0.15) is 16.6 Å². The molecular weight excluding hydrogens is 356 g/mol. The smallest absolute Gasteiger partial charge is 0.183 e. The van der Waals surface area contributed by atoms with Crippen molar-refractivity contribution in [2.45, 2.75) is 18.9 Å². The van der Waals surface area contributed by atoms with Crippen molar-refractivity contribution >= 4 is 45.6 Å². The second-order valence-electron chi connectivity index (χ2n) is 5.36. The first-order valence-corrected chi connectivity index (χ1v) is 9.38. The molecule has 0 bridgehead atoms. The number of benzene rings is 1. The quantitative estimate of drug-likeness (QED) is 0.367. The molecule has 0 unspecified atom stereocenters. The van der Waals surface area contributed by atoms with Crippen LogP contribution in [0, 0.1) is 6.92 Å². The number of rotatable bonds is 6. The first kappa shape index (κ1) is 17.6. The highest BCUT2D eigenvalue weighted by Gasteiger charge is 2.16. The highest BCUT2D eigenvalue weighted by atomic mass is 32.2. The lowest BCUT2D eigenvalue weighted by atomic mass is 10.2. The first-order chi connectivity index (χ1) is 12.0. The van der Waals surface area contributed by atoms with E-state index in [4.69, 9.17) is 4.74 Å². The van der Waals surface area contributed by atoms with E-state index in [0.717, 1.165) is 15.9 Å². The van der Waals surface area contributed by atoms with Crippen molar-refractivity contribution in [3.63, 3.8) is 0 Å². The van der Waals surface area contributed by atoms with Gasteiger partial charge in [0, 0.05) is 0 Å². The van der Waals surface area contributed by atoms with E-state index in [1.165, 1.54) is 30.0 Å². The van der Waals surface area contributed by atoms with Crippen molar-refractivity contribution in [1.29, 1.82) is 0 Å². The van der Waals surface area contributed by atoms with Gasteiger partial charge in [-0.15, -0.1) is 11.3 Å². The molecule has 0 N–H and O–H groups in total. The van der Waals surface area contributed by atoms with Crippen LogP contribution in [-0.4, -0.2) is 34.4 Å². The number of hydrogen-bond donors (Lipinski definition) is 0. The number of carbonyl (C=O) groups is 2. The van der Waals surface area contributed by atoms with Gasteiger partial charge in [-0.2, -0.15) is 0 Å². The van der Waals surface area contributed by atoms with Crippen LogP contribution in [-0.2, 0) is 0 Å². The van der Waals surface area contributed by atoms with Gasteiger partial charge in [-0.1, -0.05) is 17.8 Å². The standard InChI is InChI=1S/C18H16N2O3S2/c1-10(21)15-7-8-16(25-15)13(22)9-24-18-17-12(19-11(2)20-18)5-4-6-14(17)23-3/h4-8H,9H2,1-3H3. The maximum absolute atomic E-state index is 12.4. The SMILES string of the molecule is COc1cccc2nc(C)nc(SCC(=O)c3ccc(C(C)=O)s3)c12. The van der Waals surface area contributed by atoms with Gasteiger partial charge in [0.15, 0.2) is 11.6 Å². The van der Waals surface area contributed by atoms with Crippen LogP contribution >= 0.6 is 23.1 Å². The predicted molar refractivity (Wildman–Crippen MR) is 100 cm³/mol. The third kappa shape index (κ3) is 3.72. The van der Waals surface area contributed by atoms with Crippen LogP contribution in [0.2, 0.25) is 0 Å². The normalized spacial score (nSPS) is 10.8. The molecule has 0 amide bonds. The van der Waals surface area contributed by atoms with Crippen LogP contribution in [0.15, 0.2) is 35.4 Å². The Morgan fingerprint density at radius 1 is 1.16 bits per heavy atom. The van der Waals surface area contributed by atoms with Crippen LogP contribution in [0.1, 0.15) is 32.1 Å². The minimum absolute atomic E-state index is 0.0261. The summed E-state index contributed by atoms with van der Waals surface area (Å²) in [5, 5.41) is 1.53. The van der Waals surface area contributed by atoms with Gasteiger partial charge >= 0.3 is 0 Å². The number of fused-ring (bicyclic) bond motifs is 1. The van der Waals surface area contributed by atoms with Gasteiger partial charge in [-0.05, 0) is 38.1 Å². The van der Waals surface area contributed by atoms with E-state index in [1.807, 2.05) is 25.1 Å². The summed E-state index contributed by atoms with van der Waals surface area (Å²) in [5.74, 6) is 1.51. The molecule has 2 heterocycles. The number of aromatic nitrogens is 2. The summed E-state index contributed by atoms with van der Waals surface area (Å²) in [7, 11) is 1.60. The zero-order chi connectivity index (χ0) is 18.0. The summed E-state index contributed by atoms with van der Waals surface area (Å²) < 4.78 is 5.42. The van der Waals surface area contributed by atoms with E-state index < -0.39 is 0 Å². The lowest BCUT2D eigenvalue weighted by molar-refractivity contribution is 0.101. The van der Waals surface area contributed by atoms with Gasteiger partial charge in [-0.3, -0.25) is 9.59 Å². The van der Waals surface area contributed by atoms with Crippen LogP contribution < -0.4 is 4.74 Å². The van der Waals surface area contributed by atoms with Crippen molar-refractivity contribution < 1.29 is 14.3 Å². The Balaban J connectivity index is 1.87. The molecule has 0 fully saturated rings. The molecular formula is C18H16N2O3S2. The maximum Gasteiger partial charge on any atom is 0.183 e. The van der Waals surface area contributed by atoms with Crippen LogP contribution in [0.4, 0.5) is 0 Å². The van der Waals surface area contributed by atoms with Gasteiger partial charge in [0.2, 0.25) is 0 Å². The van der Waals surface area contributed by atoms with E-state index in [1.54, 1.807) is 19.2 Å². The number of Topliss-reactive ketones (excluding diaryl/α,β-unsaturated/α-hetero) is 2. The zero-order valence-corrected chi connectivity index (χ0v) is 15.7. The summed E-state index contributed by atoms with van der Waals surface area (Å²) in [6.07, 6.45) is 0. The highest BCUT2D eigenvalue weighted by molar-refractivity contribution is 8.00. The number of hydrogen-bond acceptors (Lipinski definition) is 7. The monoisotopic (exact) mass is 372 g/mol. The Morgan fingerprint density at radius 2 is 1.92 bits per heavy atom. The topological polar surface area (TPSA) is 69.2 Å². The fourth-order valence-electron chi connectivity index (χ4n) is 2.39. The number of aryl methyl sites for hydroxylation is 1. The maximum atomic E-state index is 12.4. The van der Waals surface area contributed by atoms with Gasteiger partial charge in [-0.25, -0.2) is 9.97 Å². The molecule has 25 heavy (non-hydrogen) atoms. The van der Waals surface area contributed by atoms with Gasteiger partial charge < -0.3 is 4.74 Å². The Morgan fingerprint density at radius 3 is 2.60 bits per heavy atom. The number of methoxy groups -OCH3 is 1. The molecule has 5 nitrogen and oxygen atoms in total. The molecule has 2 aromatic heterocycles. The molecule has 3 rings (SSSR count). The highest BCUT2D eigenvalue weighted by Crippen LogP contribution is 2.33. The number of thiophene rings is 1. The summed E-state index contributed by atoms with van der Waals surface area (Å²) in [6.45, 7) is 3.32. The molecule has 3 aromatic rings. The number of ketones is 2. The summed E-state index contributed by atoms with van der Waals surface area (Å²) in [4.78, 5) is 33.9. The average Bonchev–Trinajstić information content (AvgIpc) is 3.09. The number of thioether (sulfide) groups is 1. The molecule has 7 heteroatoms. The lowest BCUT2D eigenvalue weighted by Gasteiger charge is -2.09. The van der Waals surface area contributed by atoms with Crippen molar-refractivity contribution in [1.82, 2.24) is 9.97 Å². The predicted octanol–water partition coefficient (Wildman–Crippen LogP) is 4.19. The second kappa shape index (κ2) is 7.33. The fourth-order valence-corrected chi connectivity index (χ4v) is 4.29. The Hall–Kier alpha value is -2.25. The average molecular weight is 372 g/mol. The van der Waals surface area contributed by atoms with E-state index >= 15 is 0 Å². The van der Waals surface area contributed by atoms with E-state index in [0.29, 0.717) is 21.3 Å². The molecule has 1 aromatic carbocycles. The molecule has 128 valence electrons. The van der Waals surface area contributed by atoms with Gasteiger partial charge in [0.25, 0.3) is 0 Å². The molecule has 0 aliphatic rings. The molecule has 0 radical (unpaired) electrons.